The number of ether oxygens (including phenoxy) is 1. The molecular formula is C23H17N3O4. The normalized spacial score (nSPS) is 12.4. The number of imidazole rings is 1. The van der Waals surface area contributed by atoms with Gasteiger partial charge in [0.1, 0.15) is 17.9 Å². The molecule has 30 heavy (non-hydrogen) atoms. The number of carbonyl (C=O) groups excluding carboxylic acids is 1. The van der Waals surface area contributed by atoms with Crippen molar-refractivity contribution in [3.8, 4) is 11.1 Å². The molecule has 0 aliphatic heterocycles. The number of hydrogen-bond donors (Lipinski definition) is 2. The van der Waals surface area contributed by atoms with Crippen LogP contribution < -0.4 is 5.32 Å². The van der Waals surface area contributed by atoms with Gasteiger partial charge in [-0.3, -0.25) is 9.72 Å². The van der Waals surface area contributed by atoms with Crippen LogP contribution in [-0.4, -0.2) is 33.2 Å². The van der Waals surface area contributed by atoms with Gasteiger partial charge in [-0.05, 0) is 34.4 Å². The van der Waals surface area contributed by atoms with Gasteiger partial charge in [0.25, 0.3) is 0 Å². The van der Waals surface area contributed by atoms with E-state index in [2.05, 4.69) is 34.6 Å². The highest BCUT2D eigenvalue weighted by Crippen LogP contribution is 2.44. The van der Waals surface area contributed by atoms with E-state index in [1.165, 1.54) is 16.7 Å². The molecule has 0 saturated heterocycles. The molecule has 4 aromatic rings. The molecule has 1 aliphatic rings. The van der Waals surface area contributed by atoms with Gasteiger partial charge in [0.15, 0.2) is 5.82 Å². The van der Waals surface area contributed by atoms with Gasteiger partial charge in [-0.2, -0.15) is 0 Å². The molecule has 2 aromatic heterocycles. The number of carboxylic acid groups (broad SMARTS) is 1. The van der Waals surface area contributed by atoms with Crippen LogP contribution in [0.4, 0.5) is 10.6 Å². The van der Waals surface area contributed by atoms with Crippen molar-refractivity contribution in [2.45, 2.75) is 5.92 Å². The van der Waals surface area contributed by atoms with Gasteiger partial charge in [0, 0.05) is 5.92 Å². The summed E-state index contributed by atoms with van der Waals surface area (Å²) in [6.07, 6.45) is 0.817. The molecular weight excluding hydrogens is 382 g/mol. The number of anilines is 1. The van der Waals surface area contributed by atoms with E-state index in [0.29, 0.717) is 5.65 Å². The molecule has 148 valence electrons. The fraction of sp³-hybridized carbons (Fsp3) is 0.0870. The van der Waals surface area contributed by atoms with Crippen LogP contribution in [0.2, 0.25) is 0 Å². The Morgan fingerprint density at radius 2 is 1.63 bits per heavy atom. The average Bonchev–Trinajstić information content (AvgIpc) is 3.30. The summed E-state index contributed by atoms with van der Waals surface area (Å²) in [6, 6.07) is 20.9. The first kappa shape index (κ1) is 17.9. The Bertz CT molecular complexity index is 1250. The Morgan fingerprint density at radius 3 is 2.30 bits per heavy atom. The van der Waals surface area contributed by atoms with Crippen LogP contribution in [0.5, 0.6) is 0 Å². The molecule has 7 heteroatoms. The van der Waals surface area contributed by atoms with E-state index in [1.807, 2.05) is 24.3 Å². The summed E-state index contributed by atoms with van der Waals surface area (Å²) in [7, 11) is 0. The third-order valence-corrected chi connectivity index (χ3v) is 5.29. The number of hydrogen-bond acceptors (Lipinski definition) is 4. The molecule has 2 aromatic carbocycles. The summed E-state index contributed by atoms with van der Waals surface area (Å²) in [6.45, 7) is 0.188. The second-order valence-corrected chi connectivity index (χ2v) is 7.02. The van der Waals surface area contributed by atoms with Gasteiger partial charge in [-0.1, -0.05) is 54.6 Å². The van der Waals surface area contributed by atoms with Crippen molar-refractivity contribution in [3.05, 3.63) is 89.7 Å². The lowest BCUT2D eigenvalue weighted by atomic mass is 9.98. The predicted octanol–water partition coefficient (Wildman–Crippen LogP) is 4.39. The molecule has 1 amide bonds. The Kier molecular flexibility index (Phi) is 4.21. The molecule has 0 bridgehead atoms. The smallest absolute Gasteiger partial charge is 0.412 e. The van der Waals surface area contributed by atoms with Gasteiger partial charge < -0.3 is 9.84 Å². The highest BCUT2D eigenvalue weighted by Gasteiger charge is 2.29. The quantitative estimate of drug-likeness (QED) is 0.531. The number of carbonyl (C=O) groups is 2. The monoisotopic (exact) mass is 399 g/mol. The number of rotatable bonds is 4. The SMILES string of the molecule is O=C(Nc1cn2c(C(=O)O)cccc2n1)OCC1c2ccccc2-c2ccccc21. The average molecular weight is 399 g/mol. The van der Waals surface area contributed by atoms with E-state index in [9.17, 15) is 14.7 Å². The van der Waals surface area contributed by atoms with Crippen molar-refractivity contribution in [3.63, 3.8) is 0 Å². The maximum atomic E-state index is 12.4. The molecule has 5 rings (SSSR count). The largest absolute Gasteiger partial charge is 0.477 e. The number of amides is 1. The summed E-state index contributed by atoms with van der Waals surface area (Å²) >= 11 is 0. The second-order valence-electron chi connectivity index (χ2n) is 7.02. The van der Waals surface area contributed by atoms with E-state index in [1.54, 1.807) is 12.1 Å². The Balaban J connectivity index is 1.33. The summed E-state index contributed by atoms with van der Waals surface area (Å²) in [5.74, 6) is -0.894. The van der Waals surface area contributed by atoms with Crippen LogP contribution in [-0.2, 0) is 4.74 Å². The summed E-state index contributed by atoms with van der Waals surface area (Å²) in [5, 5.41) is 11.9. The number of aromatic carboxylic acids is 1. The van der Waals surface area contributed by atoms with Gasteiger partial charge in [-0.25, -0.2) is 14.6 Å². The zero-order valence-corrected chi connectivity index (χ0v) is 15.8. The van der Waals surface area contributed by atoms with Gasteiger partial charge in [-0.15, -0.1) is 0 Å². The number of aromatic nitrogens is 2. The van der Waals surface area contributed by atoms with Crippen LogP contribution in [0.15, 0.2) is 72.9 Å². The summed E-state index contributed by atoms with van der Waals surface area (Å²) in [5.41, 5.74) is 5.05. The number of nitrogens with zero attached hydrogens (tertiary/aromatic N) is 2. The number of nitrogens with one attached hydrogen (secondary N) is 1. The Morgan fingerprint density at radius 1 is 0.967 bits per heavy atom. The first-order chi connectivity index (χ1) is 14.6. The van der Waals surface area contributed by atoms with Gasteiger partial charge in [0.05, 0.1) is 6.20 Å². The fourth-order valence-corrected chi connectivity index (χ4v) is 3.98. The maximum absolute atomic E-state index is 12.4. The van der Waals surface area contributed by atoms with Crippen molar-refractivity contribution in [2.75, 3.05) is 11.9 Å². The minimum Gasteiger partial charge on any atom is -0.477 e. The molecule has 2 N–H and O–H groups in total. The van der Waals surface area contributed by atoms with Crippen LogP contribution in [0, 0.1) is 0 Å². The van der Waals surface area contributed by atoms with Crippen molar-refractivity contribution >= 4 is 23.5 Å². The van der Waals surface area contributed by atoms with Crippen molar-refractivity contribution < 1.29 is 19.4 Å². The van der Waals surface area contributed by atoms with E-state index < -0.39 is 12.1 Å². The molecule has 0 fully saturated rings. The van der Waals surface area contributed by atoms with Crippen LogP contribution in [0.25, 0.3) is 16.8 Å². The van der Waals surface area contributed by atoms with E-state index in [0.717, 1.165) is 22.3 Å². The summed E-state index contributed by atoms with van der Waals surface area (Å²) < 4.78 is 6.91. The van der Waals surface area contributed by atoms with Crippen molar-refractivity contribution in [1.82, 2.24) is 9.38 Å². The molecule has 0 unspecified atom stereocenters. The number of fused-ring (bicyclic) bond motifs is 4. The minimum absolute atomic E-state index is 0.0390. The van der Waals surface area contributed by atoms with E-state index >= 15 is 0 Å². The highest BCUT2D eigenvalue weighted by atomic mass is 16.5. The standard InChI is InChI=1S/C23H17N3O4/c27-22(28)19-10-5-11-21-24-20(12-26(19)21)25-23(29)30-13-18-16-8-3-1-6-14(16)15-7-2-4-9-17(15)18/h1-12,18H,13H2,(H,25,29)(H,27,28). The Hall–Kier alpha value is -4.13. The zero-order valence-electron chi connectivity index (χ0n) is 15.8. The summed E-state index contributed by atoms with van der Waals surface area (Å²) in [4.78, 5) is 28.0. The molecule has 0 atom stereocenters. The lowest BCUT2D eigenvalue weighted by Crippen LogP contribution is -2.18. The van der Waals surface area contributed by atoms with Crippen LogP contribution >= 0.6 is 0 Å². The van der Waals surface area contributed by atoms with Crippen molar-refractivity contribution in [1.29, 1.82) is 0 Å². The third kappa shape index (κ3) is 2.97. The van der Waals surface area contributed by atoms with E-state index in [4.69, 9.17) is 4.74 Å². The van der Waals surface area contributed by atoms with Gasteiger partial charge >= 0.3 is 12.1 Å². The second kappa shape index (κ2) is 7.04. The number of benzene rings is 2. The fourth-order valence-electron chi connectivity index (χ4n) is 3.98. The highest BCUT2D eigenvalue weighted by molar-refractivity contribution is 5.88. The molecule has 1 aliphatic carbocycles. The van der Waals surface area contributed by atoms with Gasteiger partial charge in [0.2, 0.25) is 0 Å². The molecule has 0 radical (unpaired) electrons. The molecule has 2 heterocycles. The molecule has 0 spiro atoms. The lowest BCUT2D eigenvalue weighted by Gasteiger charge is -2.14. The molecule has 7 nitrogen and oxygen atoms in total. The predicted molar refractivity (Wildman–Crippen MR) is 111 cm³/mol. The Labute approximate surface area is 171 Å². The van der Waals surface area contributed by atoms with Crippen LogP contribution in [0.3, 0.4) is 0 Å². The molecule has 0 saturated carbocycles. The lowest BCUT2D eigenvalue weighted by molar-refractivity contribution is 0.0689. The maximum Gasteiger partial charge on any atom is 0.412 e. The third-order valence-electron chi connectivity index (χ3n) is 5.29. The van der Waals surface area contributed by atoms with Crippen LogP contribution in [0.1, 0.15) is 27.5 Å². The van der Waals surface area contributed by atoms with Crippen molar-refractivity contribution in [2.24, 2.45) is 0 Å². The minimum atomic E-state index is -1.08. The topological polar surface area (TPSA) is 92.9 Å². The first-order valence-corrected chi connectivity index (χ1v) is 9.45. The zero-order chi connectivity index (χ0) is 20.7. The van der Waals surface area contributed by atoms with E-state index in [-0.39, 0.29) is 24.0 Å². The number of carboxylic acids is 1. The first-order valence-electron chi connectivity index (χ1n) is 9.45. The number of pyridine rings is 1.